The minimum atomic E-state index is -0.654. The van der Waals surface area contributed by atoms with Crippen LogP contribution in [-0.2, 0) is 4.79 Å². The molecule has 0 bridgehead atoms. The lowest BCUT2D eigenvalue weighted by atomic mass is 10.1. The van der Waals surface area contributed by atoms with Crippen LogP contribution in [0.4, 0.5) is 5.69 Å². The van der Waals surface area contributed by atoms with E-state index in [-0.39, 0.29) is 11.8 Å². The summed E-state index contributed by atoms with van der Waals surface area (Å²) in [6.45, 7) is 9.27. The van der Waals surface area contributed by atoms with E-state index in [9.17, 15) is 9.59 Å². The van der Waals surface area contributed by atoms with Crippen LogP contribution in [0.25, 0.3) is 0 Å². The van der Waals surface area contributed by atoms with Gasteiger partial charge in [0.15, 0.2) is 6.10 Å². The Morgan fingerprint density at radius 1 is 1.04 bits per heavy atom. The molecule has 1 atom stereocenters. The second kappa shape index (κ2) is 10.5. The summed E-state index contributed by atoms with van der Waals surface area (Å²) in [5.74, 6) is 0.375. The van der Waals surface area contributed by atoms with E-state index in [0.717, 1.165) is 31.5 Å². The maximum Gasteiger partial charge on any atom is 0.265 e. The van der Waals surface area contributed by atoms with Gasteiger partial charge in [0.1, 0.15) is 5.75 Å². The number of nitrogens with one attached hydrogen (secondary N) is 1. The van der Waals surface area contributed by atoms with Crippen molar-refractivity contribution in [3.8, 4) is 5.75 Å². The van der Waals surface area contributed by atoms with Crippen LogP contribution in [0.2, 0.25) is 0 Å². The fourth-order valence-corrected chi connectivity index (χ4v) is 2.89. The van der Waals surface area contributed by atoms with Gasteiger partial charge in [-0.15, -0.1) is 0 Å². The van der Waals surface area contributed by atoms with Crippen LogP contribution >= 0.6 is 0 Å². The van der Waals surface area contributed by atoms with Gasteiger partial charge in [0.2, 0.25) is 0 Å². The maximum atomic E-state index is 12.8. The molecule has 0 fully saturated rings. The number of carbonyl (C=O) groups excluding carboxylic acids is 2. The highest BCUT2D eigenvalue weighted by Crippen LogP contribution is 2.16. The van der Waals surface area contributed by atoms with E-state index >= 15 is 0 Å². The van der Waals surface area contributed by atoms with Gasteiger partial charge in [0, 0.05) is 24.3 Å². The van der Waals surface area contributed by atoms with Gasteiger partial charge in [-0.25, -0.2) is 0 Å². The number of carbonyl (C=O) groups is 2. The van der Waals surface area contributed by atoms with Crippen molar-refractivity contribution in [1.29, 1.82) is 0 Å². The molecule has 0 spiro atoms. The van der Waals surface area contributed by atoms with Gasteiger partial charge in [-0.05, 0) is 57.0 Å². The summed E-state index contributed by atoms with van der Waals surface area (Å²) in [6, 6.07) is 14.6. The summed E-state index contributed by atoms with van der Waals surface area (Å²) in [6.07, 6.45) is 1.17. The SMILES string of the molecule is CCCN(CCC)C(=O)c1cccc(NC(=O)C(C)Oc2ccc(C)cc2)c1. The Hall–Kier alpha value is -2.82. The summed E-state index contributed by atoms with van der Waals surface area (Å²) < 4.78 is 5.70. The second-order valence-corrected chi connectivity index (χ2v) is 6.94. The number of rotatable bonds is 9. The fourth-order valence-electron chi connectivity index (χ4n) is 2.89. The molecule has 2 amide bonds. The van der Waals surface area contributed by atoms with Crippen LogP contribution in [-0.4, -0.2) is 35.9 Å². The predicted molar refractivity (Wildman–Crippen MR) is 113 cm³/mol. The van der Waals surface area contributed by atoms with Gasteiger partial charge < -0.3 is 15.0 Å². The van der Waals surface area contributed by atoms with E-state index in [1.807, 2.05) is 36.1 Å². The molecule has 0 heterocycles. The first kappa shape index (κ1) is 21.5. The van der Waals surface area contributed by atoms with Gasteiger partial charge in [-0.3, -0.25) is 9.59 Å². The van der Waals surface area contributed by atoms with E-state index in [1.54, 1.807) is 31.2 Å². The summed E-state index contributed by atoms with van der Waals surface area (Å²) in [7, 11) is 0. The first-order chi connectivity index (χ1) is 13.4. The molecular weight excluding hydrogens is 352 g/mol. The predicted octanol–water partition coefficient (Wildman–Crippen LogP) is 4.66. The molecule has 28 heavy (non-hydrogen) atoms. The maximum absolute atomic E-state index is 12.8. The lowest BCUT2D eigenvalue weighted by Gasteiger charge is -2.22. The normalized spacial score (nSPS) is 11.6. The van der Waals surface area contributed by atoms with E-state index < -0.39 is 6.10 Å². The zero-order valence-electron chi connectivity index (χ0n) is 17.2. The molecule has 0 aliphatic heterocycles. The number of amides is 2. The fraction of sp³-hybridized carbons (Fsp3) is 0.391. The Kier molecular flexibility index (Phi) is 8.05. The molecule has 2 rings (SSSR count). The highest BCUT2D eigenvalue weighted by molar-refractivity contribution is 5.98. The number of anilines is 1. The van der Waals surface area contributed by atoms with Crippen molar-refractivity contribution in [3.63, 3.8) is 0 Å². The van der Waals surface area contributed by atoms with Crippen molar-refractivity contribution in [3.05, 3.63) is 59.7 Å². The smallest absolute Gasteiger partial charge is 0.265 e. The van der Waals surface area contributed by atoms with Crippen LogP contribution in [0.5, 0.6) is 5.75 Å². The minimum absolute atomic E-state index is 0.0104. The number of benzene rings is 2. The molecule has 2 aromatic rings. The third-order valence-corrected chi connectivity index (χ3v) is 4.35. The van der Waals surface area contributed by atoms with E-state index in [2.05, 4.69) is 19.2 Å². The van der Waals surface area contributed by atoms with Gasteiger partial charge in [-0.1, -0.05) is 37.6 Å². The molecule has 0 radical (unpaired) electrons. The van der Waals surface area contributed by atoms with Crippen molar-refractivity contribution in [2.45, 2.75) is 46.6 Å². The Morgan fingerprint density at radius 2 is 1.68 bits per heavy atom. The second-order valence-electron chi connectivity index (χ2n) is 6.94. The van der Waals surface area contributed by atoms with Crippen molar-refractivity contribution in [2.75, 3.05) is 18.4 Å². The third-order valence-electron chi connectivity index (χ3n) is 4.35. The van der Waals surface area contributed by atoms with Gasteiger partial charge >= 0.3 is 0 Å². The Bertz CT molecular complexity index is 781. The summed E-state index contributed by atoms with van der Waals surface area (Å²) in [4.78, 5) is 27.1. The number of aryl methyl sites for hydroxylation is 1. The molecule has 0 aliphatic carbocycles. The monoisotopic (exact) mass is 382 g/mol. The lowest BCUT2D eigenvalue weighted by molar-refractivity contribution is -0.122. The number of ether oxygens (including phenoxy) is 1. The number of nitrogens with zero attached hydrogens (tertiary/aromatic N) is 1. The van der Waals surface area contributed by atoms with Crippen molar-refractivity contribution in [2.24, 2.45) is 0 Å². The van der Waals surface area contributed by atoms with Crippen LogP contribution < -0.4 is 10.1 Å². The topological polar surface area (TPSA) is 58.6 Å². The Balaban J connectivity index is 2.03. The average Bonchev–Trinajstić information content (AvgIpc) is 2.69. The zero-order valence-corrected chi connectivity index (χ0v) is 17.2. The average molecular weight is 383 g/mol. The number of hydrogen-bond donors (Lipinski definition) is 1. The molecule has 150 valence electrons. The van der Waals surface area contributed by atoms with Crippen molar-refractivity contribution < 1.29 is 14.3 Å². The van der Waals surface area contributed by atoms with E-state index in [0.29, 0.717) is 17.0 Å². The molecule has 0 saturated carbocycles. The molecule has 0 aliphatic rings. The van der Waals surface area contributed by atoms with Crippen molar-refractivity contribution in [1.82, 2.24) is 4.90 Å². The van der Waals surface area contributed by atoms with Crippen molar-refractivity contribution >= 4 is 17.5 Å². The van der Waals surface area contributed by atoms with Crippen LogP contribution in [0.3, 0.4) is 0 Å². The highest BCUT2D eigenvalue weighted by Gasteiger charge is 2.17. The van der Waals surface area contributed by atoms with E-state index in [1.165, 1.54) is 0 Å². The largest absolute Gasteiger partial charge is 0.481 e. The minimum Gasteiger partial charge on any atom is -0.481 e. The summed E-state index contributed by atoms with van der Waals surface area (Å²) in [5, 5.41) is 2.84. The zero-order chi connectivity index (χ0) is 20.5. The molecule has 5 nitrogen and oxygen atoms in total. The van der Waals surface area contributed by atoms with Gasteiger partial charge in [0.25, 0.3) is 11.8 Å². The first-order valence-electron chi connectivity index (χ1n) is 9.88. The summed E-state index contributed by atoms with van der Waals surface area (Å²) in [5.41, 5.74) is 2.29. The quantitative estimate of drug-likeness (QED) is 0.686. The van der Waals surface area contributed by atoms with Crippen LogP contribution in [0.1, 0.15) is 49.5 Å². The molecule has 1 unspecified atom stereocenters. The molecule has 2 aromatic carbocycles. The van der Waals surface area contributed by atoms with Gasteiger partial charge in [0.05, 0.1) is 0 Å². The van der Waals surface area contributed by atoms with Gasteiger partial charge in [-0.2, -0.15) is 0 Å². The lowest BCUT2D eigenvalue weighted by Crippen LogP contribution is -2.33. The Morgan fingerprint density at radius 3 is 2.29 bits per heavy atom. The third kappa shape index (κ3) is 6.12. The standard InChI is InChI=1S/C23H30N2O3/c1-5-14-25(15-6-2)23(27)19-8-7-9-20(16-19)24-22(26)18(4)28-21-12-10-17(3)11-13-21/h7-13,16,18H,5-6,14-15H2,1-4H3,(H,24,26). The highest BCUT2D eigenvalue weighted by atomic mass is 16.5. The van der Waals surface area contributed by atoms with E-state index in [4.69, 9.17) is 4.74 Å². The molecule has 0 saturated heterocycles. The molecule has 0 aromatic heterocycles. The molecule has 5 heteroatoms. The molecular formula is C23H30N2O3. The van der Waals surface area contributed by atoms with Crippen LogP contribution in [0, 0.1) is 6.92 Å². The first-order valence-corrected chi connectivity index (χ1v) is 9.88. The van der Waals surface area contributed by atoms with Crippen LogP contribution in [0.15, 0.2) is 48.5 Å². The number of hydrogen-bond acceptors (Lipinski definition) is 3. The molecule has 1 N–H and O–H groups in total. The Labute approximate surface area is 167 Å². The summed E-state index contributed by atoms with van der Waals surface area (Å²) >= 11 is 0.